The highest BCUT2D eigenvalue weighted by Crippen LogP contribution is 2.34. The van der Waals surface area contributed by atoms with E-state index < -0.39 is 0 Å². The smallest absolute Gasteiger partial charge is 0.205 e. The third kappa shape index (κ3) is 4.16. The standard InChI is InChI=1S/C25H25N3O/c1-18-9-12-22(13-10-18)28(21-7-5-4-6-8-21)24(26)27-20-11-14-23-19(17-20)15-16-25(2,3)29-23/h4-17H,1-3H3,(H2,26,27). The molecule has 4 nitrogen and oxygen atoms in total. The Labute approximate surface area is 172 Å². The SMILES string of the molecule is Cc1ccc(N(C(N)=Nc2ccc3c(c2)C=CC(C)(C)O3)c2ccccc2)cc1. The van der Waals surface area contributed by atoms with E-state index in [-0.39, 0.29) is 5.60 Å². The summed E-state index contributed by atoms with van der Waals surface area (Å²) >= 11 is 0. The lowest BCUT2D eigenvalue weighted by Crippen LogP contribution is -2.33. The van der Waals surface area contributed by atoms with Crippen LogP contribution in [-0.4, -0.2) is 11.6 Å². The zero-order chi connectivity index (χ0) is 20.4. The van der Waals surface area contributed by atoms with Crippen molar-refractivity contribution in [3.8, 4) is 5.75 Å². The molecule has 0 saturated heterocycles. The molecule has 2 N–H and O–H groups in total. The van der Waals surface area contributed by atoms with Crippen molar-refractivity contribution in [2.45, 2.75) is 26.4 Å². The second-order valence-corrected chi connectivity index (χ2v) is 7.74. The highest BCUT2D eigenvalue weighted by molar-refractivity contribution is 6.03. The van der Waals surface area contributed by atoms with Gasteiger partial charge in [0.15, 0.2) is 0 Å². The van der Waals surface area contributed by atoms with Crippen LogP contribution in [0.2, 0.25) is 0 Å². The first-order valence-electron chi connectivity index (χ1n) is 9.70. The van der Waals surface area contributed by atoms with Crippen LogP contribution in [-0.2, 0) is 0 Å². The number of rotatable bonds is 3. The number of para-hydroxylation sites is 1. The van der Waals surface area contributed by atoms with Crippen LogP contribution >= 0.6 is 0 Å². The summed E-state index contributed by atoms with van der Waals surface area (Å²) in [6, 6.07) is 24.1. The van der Waals surface area contributed by atoms with Crippen LogP contribution in [0.25, 0.3) is 6.08 Å². The number of anilines is 2. The number of aliphatic imine (C=N–C) groups is 1. The lowest BCUT2D eigenvalue weighted by molar-refractivity contribution is 0.159. The summed E-state index contributed by atoms with van der Waals surface area (Å²) in [6.45, 7) is 6.14. The molecule has 0 unspecified atom stereocenters. The van der Waals surface area contributed by atoms with E-state index in [1.165, 1.54) is 5.56 Å². The number of aryl methyl sites for hydroxylation is 1. The minimum Gasteiger partial charge on any atom is -0.483 e. The quantitative estimate of drug-likeness (QED) is 0.448. The topological polar surface area (TPSA) is 50.8 Å². The van der Waals surface area contributed by atoms with Gasteiger partial charge in [-0.1, -0.05) is 42.0 Å². The van der Waals surface area contributed by atoms with Crippen molar-refractivity contribution < 1.29 is 4.74 Å². The Kier molecular flexibility index (Phi) is 4.85. The van der Waals surface area contributed by atoms with E-state index in [0.717, 1.165) is 28.4 Å². The van der Waals surface area contributed by atoms with Crippen molar-refractivity contribution in [2.75, 3.05) is 4.90 Å². The molecule has 1 heterocycles. The molecular weight excluding hydrogens is 358 g/mol. The van der Waals surface area contributed by atoms with Gasteiger partial charge in [-0.25, -0.2) is 4.99 Å². The summed E-state index contributed by atoms with van der Waals surface area (Å²) in [5.74, 6) is 1.26. The molecule has 0 aliphatic carbocycles. The Bertz CT molecular complexity index is 1070. The van der Waals surface area contributed by atoms with Gasteiger partial charge in [0.25, 0.3) is 0 Å². The number of fused-ring (bicyclic) bond motifs is 1. The van der Waals surface area contributed by atoms with E-state index in [1.54, 1.807) is 0 Å². The van der Waals surface area contributed by atoms with Gasteiger partial charge in [0, 0.05) is 16.9 Å². The molecule has 0 bridgehead atoms. The van der Waals surface area contributed by atoms with Crippen LogP contribution < -0.4 is 15.4 Å². The van der Waals surface area contributed by atoms with Crippen LogP contribution in [0.4, 0.5) is 17.1 Å². The number of nitrogens with two attached hydrogens (primary N) is 1. The lowest BCUT2D eigenvalue weighted by atomic mass is 10.0. The van der Waals surface area contributed by atoms with Gasteiger partial charge in [0.2, 0.25) is 5.96 Å². The zero-order valence-corrected chi connectivity index (χ0v) is 17.0. The van der Waals surface area contributed by atoms with Crippen molar-refractivity contribution >= 4 is 29.1 Å². The number of nitrogens with zero attached hydrogens (tertiary/aromatic N) is 2. The molecule has 0 atom stereocenters. The van der Waals surface area contributed by atoms with Crippen LogP contribution in [0, 0.1) is 6.92 Å². The van der Waals surface area contributed by atoms with Gasteiger partial charge in [-0.2, -0.15) is 0 Å². The van der Waals surface area contributed by atoms with E-state index in [0.29, 0.717) is 5.96 Å². The molecule has 0 radical (unpaired) electrons. The van der Waals surface area contributed by atoms with E-state index in [9.17, 15) is 0 Å². The van der Waals surface area contributed by atoms with Crippen LogP contribution in [0.5, 0.6) is 5.75 Å². The Morgan fingerprint density at radius 1 is 0.931 bits per heavy atom. The monoisotopic (exact) mass is 383 g/mol. The largest absolute Gasteiger partial charge is 0.483 e. The Morgan fingerprint density at radius 2 is 1.62 bits per heavy atom. The third-order valence-corrected chi connectivity index (χ3v) is 4.81. The first-order chi connectivity index (χ1) is 13.9. The molecule has 4 rings (SSSR count). The molecule has 0 saturated carbocycles. The van der Waals surface area contributed by atoms with Gasteiger partial charge in [-0.3, -0.25) is 4.90 Å². The molecule has 29 heavy (non-hydrogen) atoms. The Balaban J connectivity index is 1.72. The molecule has 1 aliphatic heterocycles. The predicted octanol–water partition coefficient (Wildman–Crippen LogP) is 5.96. The zero-order valence-electron chi connectivity index (χ0n) is 17.0. The van der Waals surface area contributed by atoms with E-state index in [2.05, 4.69) is 43.3 Å². The second kappa shape index (κ2) is 7.47. The molecule has 146 valence electrons. The highest BCUT2D eigenvalue weighted by Gasteiger charge is 2.21. The van der Waals surface area contributed by atoms with E-state index in [1.807, 2.05) is 67.3 Å². The van der Waals surface area contributed by atoms with Crippen LogP contribution in [0.15, 0.2) is 83.9 Å². The summed E-state index contributed by atoms with van der Waals surface area (Å²) in [4.78, 5) is 6.66. The van der Waals surface area contributed by atoms with Crippen molar-refractivity contribution in [3.63, 3.8) is 0 Å². The maximum absolute atomic E-state index is 6.50. The van der Waals surface area contributed by atoms with Crippen molar-refractivity contribution in [1.82, 2.24) is 0 Å². The first kappa shape index (κ1) is 18.8. The van der Waals surface area contributed by atoms with Crippen LogP contribution in [0.3, 0.4) is 0 Å². The lowest BCUT2D eigenvalue weighted by Gasteiger charge is -2.28. The summed E-state index contributed by atoms with van der Waals surface area (Å²) in [5, 5.41) is 0. The Hall–Kier alpha value is -3.53. The molecule has 0 spiro atoms. The number of hydrogen-bond acceptors (Lipinski definition) is 2. The highest BCUT2D eigenvalue weighted by atomic mass is 16.5. The summed E-state index contributed by atoms with van der Waals surface area (Å²) in [5.41, 5.74) is 11.1. The van der Waals surface area contributed by atoms with Gasteiger partial charge in [0.1, 0.15) is 11.4 Å². The molecule has 4 heteroatoms. The van der Waals surface area contributed by atoms with E-state index in [4.69, 9.17) is 15.5 Å². The normalized spacial score (nSPS) is 14.8. The van der Waals surface area contributed by atoms with Gasteiger partial charge in [-0.05, 0) is 69.3 Å². The van der Waals surface area contributed by atoms with Crippen molar-refractivity contribution in [3.05, 3.63) is 90.0 Å². The number of guanidine groups is 1. The van der Waals surface area contributed by atoms with Gasteiger partial charge in [0.05, 0.1) is 5.69 Å². The fourth-order valence-corrected chi connectivity index (χ4v) is 3.30. The number of benzene rings is 3. The van der Waals surface area contributed by atoms with Gasteiger partial charge >= 0.3 is 0 Å². The predicted molar refractivity (Wildman–Crippen MR) is 121 cm³/mol. The van der Waals surface area contributed by atoms with Crippen molar-refractivity contribution in [2.24, 2.45) is 10.7 Å². The Morgan fingerprint density at radius 3 is 2.34 bits per heavy atom. The average Bonchev–Trinajstić information content (AvgIpc) is 2.70. The minimum atomic E-state index is -0.299. The molecule has 0 aromatic heterocycles. The summed E-state index contributed by atoms with van der Waals surface area (Å²) < 4.78 is 6.00. The maximum atomic E-state index is 6.50. The molecule has 0 amide bonds. The van der Waals surface area contributed by atoms with Gasteiger partial charge < -0.3 is 10.5 Å². The fraction of sp³-hybridized carbons (Fsp3) is 0.160. The molecular formula is C25H25N3O. The number of ether oxygens (including phenoxy) is 1. The van der Waals surface area contributed by atoms with E-state index >= 15 is 0 Å². The minimum absolute atomic E-state index is 0.299. The molecule has 3 aromatic rings. The maximum Gasteiger partial charge on any atom is 0.205 e. The van der Waals surface area contributed by atoms with Crippen LogP contribution in [0.1, 0.15) is 25.0 Å². The number of hydrogen-bond donors (Lipinski definition) is 1. The van der Waals surface area contributed by atoms with Gasteiger partial charge in [-0.15, -0.1) is 0 Å². The molecule has 1 aliphatic rings. The fourth-order valence-electron chi connectivity index (χ4n) is 3.30. The van der Waals surface area contributed by atoms with Crippen molar-refractivity contribution in [1.29, 1.82) is 0 Å². The molecule has 3 aromatic carbocycles. The third-order valence-electron chi connectivity index (χ3n) is 4.81. The first-order valence-corrected chi connectivity index (χ1v) is 9.70. The average molecular weight is 383 g/mol. The summed E-state index contributed by atoms with van der Waals surface area (Å²) in [6.07, 6.45) is 4.12. The summed E-state index contributed by atoms with van der Waals surface area (Å²) in [7, 11) is 0. The molecule has 0 fully saturated rings. The second-order valence-electron chi connectivity index (χ2n) is 7.74.